The molecule has 2 heterocycles. The summed E-state index contributed by atoms with van der Waals surface area (Å²) in [7, 11) is 1.58. The third-order valence-corrected chi connectivity index (χ3v) is 3.51. The number of carbonyl (C=O) groups excluding carboxylic acids is 1. The summed E-state index contributed by atoms with van der Waals surface area (Å²) < 4.78 is 6.52. The van der Waals surface area contributed by atoms with Crippen LogP contribution < -0.4 is 15.8 Å². The number of hydrogen-bond acceptors (Lipinski definition) is 4. The number of ether oxygens (including phenoxy) is 1. The second-order valence-electron chi connectivity index (χ2n) is 4.45. The number of fused-ring (bicyclic) bond motifs is 1. The van der Waals surface area contributed by atoms with Gasteiger partial charge in [0.2, 0.25) is 0 Å². The van der Waals surface area contributed by atoms with Crippen molar-refractivity contribution in [1.29, 1.82) is 0 Å². The molecule has 0 saturated carbocycles. The van der Waals surface area contributed by atoms with Crippen molar-refractivity contribution in [2.24, 2.45) is 5.73 Å². The van der Waals surface area contributed by atoms with Gasteiger partial charge in [-0.25, -0.2) is 4.79 Å². The zero-order valence-corrected chi connectivity index (χ0v) is 11.6. The van der Waals surface area contributed by atoms with Crippen LogP contribution in [0.2, 0.25) is 5.02 Å². The lowest BCUT2D eigenvalue weighted by Gasteiger charge is -2.07. The predicted octanol–water partition coefficient (Wildman–Crippen LogP) is 2.11. The molecule has 3 N–H and O–H groups in total. The fourth-order valence-electron chi connectivity index (χ4n) is 2.42. The number of nitrogens with one attached hydrogen (secondary N) is 1. The van der Waals surface area contributed by atoms with Crippen LogP contribution in [0.4, 0.5) is 10.6 Å². The van der Waals surface area contributed by atoms with E-state index in [4.69, 9.17) is 22.1 Å². The summed E-state index contributed by atoms with van der Waals surface area (Å²) in [6.07, 6.45) is 0.771. The molecule has 0 radical (unpaired) electrons. The Morgan fingerprint density at radius 3 is 3.05 bits per heavy atom. The Balaban J connectivity index is 2.23. The molecule has 0 atom stereocenters. The van der Waals surface area contributed by atoms with Crippen LogP contribution in [-0.4, -0.2) is 29.5 Å². The van der Waals surface area contributed by atoms with Crippen LogP contribution in [0.1, 0.15) is 5.56 Å². The van der Waals surface area contributed by atoms with E-state index >= 15 is 0 Å². The Labute approximate surface area is 120 Å². The number of halogens is 1. The lowest BCUT2D eigenvalue weighted by Crippen LogP contribution is -2.22. The Morgan fingerprint density at radius 1 is 1.55 bits per heavy atom. The molecule has 7 heteroatoms. The fraction of sp³-hybridized carbons (Fsp3) is 0.231. The van der Waals surface area contributed by atoms with E-state index in [-0.39, 0.29) is 0 Å². The number of aromatic nitrogens is 2. The summed E-state index contributed by atoms with van der Waals surface area (Å²) in [5, 5.41) is 7.99. The highest BCUT2D eigenvalue weighted by Crippen LogP contribution is 2.38. The van der Waals surface area contributed by atoms with Gasteiger partial charge in [-0.3, -0.25) is 0 Å². The van der Waals surface area contributed by atoms with Crippen molar-refractivity contribution in [2.75, 3.05) is 19.0 Å². The average molecular weight is 293 g/mol. The molecule has 0 saturated heterocycles. The zero-order chi connectivity index (χ0) is 14.3. The van der Waals surface area contributed by atoms with Gasteiger partial charge in [0.25, 0.3) is 0 Å². The number of rotatable bonds is 2. The molecule has 1 aromatic carbocycles. The average Bonchev–Trinajstić information content (AvgIpc) is 2.99. The summed E-state index contributed by atoms with van der Waals surface area (Å²) in [4.78, 5) is 11.5. The van der Waals surface area contributed by atoms with Crippen LogP contribution >= 0.6 is 11.6 Å². The van der Waals surface area contributed by atoms with Gasteiger partial charge >= 0.3 is 6.03 Å². The van der Waals surface area contributed by atoms with E-state index in [1.54, 1.807) is 25.3 Å². The maximum atomic E-state index is 11.5. The Bertz CT molecular complexity index is 696. The number of primary amides is 1. The highest BCUT2D eigenvalue weighted by atomic mass is 35.5. The molecule has 1 amide bonds. The van der Waals surface area contributed by atoms with Crippen LogP contribution in [0.3, 0.4) is 0 Å². The van der Waals surface area contributed by atoms with Gasteiger partial charge < -0.3 is 15.8 Å². The molecule has 0 spiro atoms. The highest BCUT2D eigenvalue weighted by Gasteiger charge is 2.26. The molecular formula is C13H13ClN4O2. The van der Waals surface area contributed by atoms with Crippen LogP contribution in [0.15, 0.2) is 18.2 Å². The number of benzene rings is 1. The topological polar surface area (TPSA) is 82.2 Å². The largest absolute Gasteiger partial charge is 0.496 e. The third kappa shape index (κ3) is 1.89. The van der Waals surface area contributed by atoms with E-state index in [1.165, 1.54) is 4.68 Å². The summed E-state index contributed by atoms with van der Waals surface area (Å²) >= 11 is 6.05. The Kier molecular flexibility index (Phi) is 3.02. The number of nitrogens with two attached hydrogens (primary N) is 1. The van der Waals surface area contributed by atoms with Crippen LogP contribution in [0.25, 0.3) is 11.3 Å². The smallest absolute Gasteiger partial charge is 0.341 e. The second kappa shape index (κ2) is 4.72. The molecule has 1 aliphatic heterocycles. The maximum Gasteiger partial charge on any atom is 0.341 e. The first-order valence-corrected chi connectivity index (χ1v) is 6.49. The van der Waals surface area contributed by atoms with Crippen molar-refractivity contribution >= 4 is 23.4 Å². The molecule has 0 aliphatic carbocycles. The minimum absolute atomic E-state index is 0.578. The van der Waals surface area contributed by atoms with Crippen molar-refractivity contribution < 1.29 is 9.53 Å². The monoisotopic (exact) mass is 292 g/mol. The predicted molar refractivity (Wildman–Crippen MR) is 76.4 cm³/mol. The van der Waals surface area contributed by atoms with Crippen molar-refractivity contribution in [3.63, 3.8) is 0 Å². The fourth-order valence-corrected chi connectivity index (χ4v) is 2.59. The quantitative estimate of drug-likeness (QED) is 0.888. The first-order chi connectivity index (χ1) is 9.61. The molecule has 0 fully saturated rings. The van der Waals surface area contributed by atoms with E-state index in [9.17, 15) is 4.79 Å². The molecule has 0 bridgehead atoms. The number of methoxy groups -OCH3 is 1. The van der Waals surface area contributed by atoms with Gasteiger partial charge in [0.05, 0.1) is 7.11 Å². The van der Waals surface area contributed by atoms with E-state index in [2.05, 4.69) is 10.4 Å². The maximum absolute atomic E-state index is 11.5. The molecule has 3 rings (SSSR count). The van der Waals surface area contributed by atoms with Gasteiger partial charge in [0.1, 0.15) is 17.3 Å². The summed E-state index contributed by atoms with van der Waals surface area (Å²) in [6.45, 7) is 0.746. The van der Waals surface area contributed by atoms with E-state index < -0.39 is 6.03 Å². The SMILES string of the molecule is COc1ccc(Cl)cc1-c1nn(C(N)=O)c2c1CCN2. The van der Waals surface area contributed by atoms with Gasteiger partial charge in [-0.2, -0.15) is 9.78 Å². The number of carbonyl (C=O) groups is 1. The third-order valence-electron chi connectivity index (χ3n) is 3.28. The van der Waals surface area contributed by atoms with Crippen LogP contribution in [0.5, 0.6) is 5.75 Å². The van der Waals surface area contributed by atoms with E-state index in [0.717, 1.165) is 24.1 Å². The molecule has 0 unspecified atom stereocenters. The normalized spacial score (nSPS) is 12.9. The molecule has 6 nitrogen and oxygen atoms in total. The van der Waals surface area contributed by atoms with Gasteiger partial charge in [0.15, 0.2) is 0 Å². The highest BCUT2D eigenvalue weighted by molar-refractivity contribution is 6.31. The van der Waals surface area contributed by atoms with Crippen LogP contribution in [-0.2, 0) is 6.42 Å². The van der Waals surface area contributed by atoms with Crippen molar-refractivity contribution in [2.45, 2.75) is 6.42 Å². The minimum Gasteiger partial charge on any atom is -0.496 e. The van der Waals surface area contributed by atoms with Gasteiger partial charge in [0, 0.05) is 22.7 Å². The van der Waals surface area contributed by atoms with Crippen molar-refractivity contribution in [3.05, 3.63) is 28.8 Å². The van der Waals surface area contributed by atoms with Gasteiger partial charge in [-0.1, -0.05) is 11.6 Å². The summed E-state index contributed by atoms with van der Waals surface area (Å²) in [6, 6.07) is 4.67. The Hall–Kier alpha value is -2.21. The molecule has 2 aromatic rings. The second-order valence-corrected chi connectivity index (χ2v) is 4.88. The van der Waals surface area contributed by atoms with E-state index in [0.29, 0.717) is 22.3 Å². The standard InChI is InChI=1S/C13H13ClN4O2/c1-20-10-3-2-7(14)6-9(10)11-8-4-5-16-12(8)18(17-11)13(15)19/h2-3,6,16H,4-5H2,1H3,(H2,15,19). The molecule has 104 valence electrons. The number of hydrogen-bond donors (Lipinski definition) is 2. The van der Waals surface area contributed by atoms with Crippen molar-refractivity contribution in [1.82, 2.24) is 9.78 Å². The van der Waals surface area contributed by atoms with Crippen molar-refractivity contribution in [3.8, 4) is 17.0 Å². The number of anilines is 1. The molecular weight excluding hydrogens is 280 g/mol. The first kappa shape index (κ1) is 12.8. The van der Waals surface area contributed by atoms with Crippen LogP contribution in [0, 0.1) is 0 Å². The lowest BCUT2D eigenvalue weighted by atomic mass is 10.1. The zero-order valence-electron chi connectivity index (χ0n) is 10.8. The first-order valence-electron chi connectivity index (χ1n) is 6.11. The number of amides is 1. The minimum atomic E-state index is -0.622. The summed E-state index contributed by atoms with van der Waals surface area (Å²) in [5.41, 5.74) is 7.71. The molecule has 20 heavy (non-hydrogen) atoms. The lowest BCUT2D eigenvalue weighted by molar-refractivity contribution is 0.248. The molecule has 1 aliphatic rings. The van der Waals surface area contributed by atoms with Gasteiger partial charge in [-0.15, -0.1) is 0 Å². The van der Waals surface area contributed by atoms with Gasteiger partial charge in [-0.05, 0) is 24.6 Å². The Morgan fingerprint density at radius 2 is 2.35 bits per heavy atom. The number of nitrogens with zero attached hydrogens (tertiary/aromatic N) is 2. The van der Waals surface area contributed by atoms with E-state index in [1.807, 2.05) is 0 Å². The summed E-state index contributed by atoms with van der Waals surface area (Å²) in [5.74, 6) is 1.30. The molecule has 1 aromatic heterocycles.